The maximum atomic E-state index is 12.2. The lowest BCUT2D eigenvalue weighted by Gasteiger charge is -2.11. The van der Waals surface area contributed by atoms with Crippen LogP contribution in [0.5, 0.6) is 5.75 Å². The summed E-state index contributed by atoms with van der Waals surface area (Å²) in [5.74, 6) is -0.0284. The minimum absolute atomic E-state index is 0.102. The third-order valence-corrected chi connectivity index (χ3v) is 2.35. The molecular weight excluding hydrogens is 240 g/mol. The first-order valence-corrected chi connectivity index (χ1v) is 5.82. The highest BCUT2D eigenvalue weighted by Gasteiger charge is 2.14. The molecule has 0 unspecified atom stereocenters. The predicted octanol–water partition coefficient (Wildman–Crippen LogP) is 3.06. The lowest BCUT2D eigenvalue weighted by atomic mass is 10.1. The van der Waals surface area contributed by atoms with E-state index in [2.05, 4.69) is 10.1 Å². The maximum absolute atomic E-state index is 12.2. The lowest BCUT2D eigenvalue weighted by molar-refractivity contribution is -0.0501. The van der Waals surface area contributed by atoms with E-state index in [0.29, 0.717) is 12.5 Å². The van der Waals surface area contributed by atoms with Gasteiger partial charge in [0, 0.05) is 6.54 Å². The molecule has 0 atom stereocenters. The molecule has 5 heteroatoms. The van der Waals surface area contributed by atoms with Gasteiger partial charge in [-0.3, -0.25) is 4.79 Å². The Morgan fingerprint density at radius 1 is 1.33 bits per heavy atom. The van der Waals surface area contributed by atoms with E-state index in [9.17, 15) is 13.6 Å². The number of amides is 1. The lowest BCUT2D eigenvalue weighted by Crippen LogP contribution is -2.26. The van der Waals surface area contributed by atoms with E-state index in [1.807, 2.05) is 13.8 Å². The second-order valence-corrected chi connectivity index (χ2v) is 4.31. The van der Waals surface area contributed by atoms with Crippen LogP contribution in [0.15, 0.2) is 24.3 Å². The van der Waals surface area contributed by atoms with Crippen molar-refractivity contribution in [3.63, 3.8) is 0 Å². The third kappa shape index (κ3) is 4.69. The second-order valence-electron chi connectivity index (χ2n) is 4.31. The largest absolute Gasteiger partial charge is 0.434 e. The van der Waals surface area contributed by atoms with Crippen molar-refractivity contribution < 1.29 is 18.3 Å². The van der Waals surface area contributed by atoms with E-state index in [4.69, 9.17) is 0 Å². The van der Waals surface area contributed by atoms with Crippen LogP contribution in [0.25, 0.3) is 0 Å². The van der Waals surface area contributed by atoms with E-state index < -0.39 is 12.5 Å². The van der Waals surface area contributed by atoms with Crippen molar-refractivity contribution in [3.8, 4) is 5.75 Å². The molecule has 1 aromatic rings. The number of nitrogens with one attached hydrogen (secondary N) is 1. The molecule has 100 valence electrons. The summed E-state index contributed by atoms with van der Waals surface area (Å²) in [6.07, 6.45) is 0.837. The molecule has 18 heavy (non-hydrogen) atoms. The Labute approximate surface area is 105 Å². The Balaban J connectivity index is 2.66. The van der Waals surface area contributed by atoms with Gasteiger partial charge in [0.05, 0.1) is 5.56 Å². The smallest absolute Gasteiger partial charge is 0.387 e. The summed E-state index contributed by atoms with van der Waals surface area (Å²) < 4.78 is 28.6. The molecule has 0 bridgehead atoms. The fraction of sp³-hybridized carbons (Fsp3) is 0.462. The molecule has 0 aliphatic heterocycles. The van der Waals surface area contributed by atoms with Crippen LogP contribution < -0.4 is 10.1 Å². The molecule has 0 aromatic heterocycles. The predicted molar refractivity (Wildman–Crippen MR) is 64.9 cm³/mol. The molecule has 0 saturated heterocycles. The first-order valence-electron chi connectivity index (χ1n) is 5.82. The fourth-order valence-corrected chi connectivity index (χ4v) is 1.42. The van der Waals surface area contributed by atoms with E-state index in [0.717, 1.165) is 6.42 Å². The molecule has 1 rings (SSSR count). The van der Waals surface area contributed by atoms with Gasteiger partial charge in [-0.1, -0.05) is 26.0 Å². The molecule has 0 aliphatic rings. The number of hydrogen-bond donors (Lipinski definition) is 1. The molecule has 0 aliphatic carbocycles. The van der Waals surface area contributed by atoms with Gasteiger partial charge in [-0.2, -0.15) is 8.78 Å². The van der Waals surface area contributed by atoms with Crippen LogP contribution in [0.1, 0.15) is 30.6 Å². The van der Waals surface area contributed by atoms with Crippen molar-refractivity contribution >= 4 is 5.91 Å². The standard InChI is InChI=1S/C13H17F2NO2/c1-9(2)7-8-16-12(17)10-5-3-4-6-11(10)18-13(14)15/h3-6,9,13H,7-8H2,1-2H3,(H,16,17). The molecular formula is C13H17F2NO2. The maximum Gasteiger partial charge on any atom is 0.387 e. The Kier molecular flexibility index (Phi) is 5.55. The van der Waals surface area contributed by atoms with Crippen LogP contribution >= 0.6 is 0 Å². The SMILES string of the molecule is CC(C)CCNC(=O)c1ccccc1OC(F)F. The van der Waals surface area contributed by atoms with Crippen molar-refractivity contribution in [1.29, 1.82) is 0 Å². The van der Waals surface area contributed by atoms with Crippen molar-refractivity contribution in [3.05, 3.63) is 29.8 Å². The molecule has 0 heterocycles. The van der Waals surface area contributed by atoms with Gasteiger partial charge in [-0.15, -0.1) is 0 Å². The summed E-state index contributed by atoms with van der Waals surface area (Å²) in [7, 11) is 0. The molecule has 3 nitrogen and oxygen atoms in total. The number of para-hydroxylation sites is 1. The van der Waals surface area contributed by atoms with Crippen LogP contribution in [0.2, 0.25) is 0 Å². The third-order valence-electron chi connectivity index (χ3n) is 2.35. The Morgan fingerprint density at radius 2 is 2.00 bits per heavy atom. The summed E-state index contributed by atoms with van der Waals surface area (Å²) in [4.78, 5) is 11.8. The summed E-state index contributed by atoms with van der Waals surface area (Å²) in [6.45, 7) is 1.66. The number of benzene rings is 1. The summed E-state index contributed by atoms with van der Waals surface area (Å²) in [6, 6.07) is 5.96. The average Bonchev–Trinajstić information content (AvgIpc) is 2.28. The van der Waals surface area contributed by atoms with E-state index in [1.54, 1.807) is 12.1 Å². The van der Waals surface area contributed by atoms with Crippen LogP contribution in [0.4, 0.5) is 8.78 Å². The van der Waals surface area contributed by atoms with Crippen LogP contribution in [-0.2, 0) is 0 Å². The molecule has 1 amide bonds. The summed E-state index contributed by atoms with van der Waals surface area (Å²) in [5, 5.41) is 2.68. The number of hydrogen-bond acceptors (Lipinski definition) is 2. The minimum atomic E-state index is -2.94. The topological polar surface area (TPSA) is 38.3 Å². The van der Waals surface area contributed by atoms with Gasteiger partial charge in [0.15, 0.2) is 0 Å². The number of carbonyl (C=O) groups is 1. The number of ether oxygens (including phenoxy) is 1. The van der Waals surface area contributed by atoms with Crippen LogP contribution in [-0.4, -0.2) is 19.1 Å². The first-order chi connectivity index (χ1) is 8.50. The Bertz CT molecular complexity index is 394. The summed E-state index contributed by atoms with van der Waals surface area (Å²) >= 11 is 0. The molecule has 0 spiro atoms. The Morgan fingerprint density at radius 3 is 2.61 bits per heavy atom. The molecule has 1 N–H and O–H groups in total. The van der Waals surface area contributed by atoms with Crippen molar-refractivity contribution in [2.75, 3.05) is 6.54 Å². The van der Waals surface area contributed by atoms with Gasteiger partial charge in [-0.05, 0) is 24.5 Å². The number of halogens is 2. The second kappa shape index (κ2) is 6.93. The first kappa shape index (κ1) is 14.4. The number of rotatable bonds is 6. The van der Waals surface area contributed by atoms with Crippen LogP contribution in [0.3, 0.4) is 0 Å². The van der Waals surface area contributed by atoms with Crippen LogP contribution in [0, 0.1) is 5.92 Å². The highest BCUT2D eigenvalue weighted by atomic mass is 19.3. The van der Waals surface area contributed by atoms with Crippen molar-refractivity contribution in [2.45, 2.75) is 26.9 Å². The van der Waals surface area contributed by atoms with Crippen molar-refractivity contribution in [1.82, 2.24) is 5.32 Å². The zero-order valence-corrected chi connectivity index (χ0v) is 10.5. The molecule has 0 radical (unpaired) electrons. The molecule has 0 saturated carbocycles. The zero-order valence-electron chi connectivity index (χ0n) is 10.5. The zero-order chi connectivity index (χ0) is 13.5. The minimum Gasteiger partial charge on any atom is -0.434 e. The summed E-state index contributed by atoms with van der Waals surface area (Å²) in [5.41, 5.74) is 0.126. The van der Waals surface area contributed by atoms with Gasteiger partial charge in [0.1, 0.15) is 5.75 Å². The number of alkyl halides is 2. The fourth-order valence-electron chi connectivity index (χ4n) is 1.42. The van der Waals surface area contributed by atoms with Gasteiger partial charge in [-0.25, -0.2) is 0 Å². The molecule has 1 aromatic carbocycles. The van der Waals surface area contributed by atoms with E-state index >= 15 is 0 Å². The van der Waals surface area contributed by atoms with E-state index in [-0.39, 0.29) is 11.3 Å². The van der Waals surface area contributed by atoms with Gasteiger partial charge >= 0.3 is 6.61 Å². The van der Waals surface area contributed by atoms with Gasteiger partial charge < -0.3 is 10.1 Å². The Hall–Kier alpha value is -1.65. The normalized spacial score (nSPS) is 10.8. The quantitative estimate of drug-likeness (QED) is 0.850. The molecule has 0 fully saturated rings. The average molecular weight is 257 g/mol. The van der Waals surface area contributed by atoms with E-state index in [1.165, 1.54) is 12.1 Å². The van der Waals surface area contributed by atoms with Crippen molar-refractivity contribution in [2.24, 2.45) is 5.92 Å². The number of carbonyl (C=O) groups excluding carboxylic acids is 1. The van der Waals surface area contributed by atoms with Gasteiger partial charge in [0.2, 0.25) is 0 Å². The highest BCUT2D eigenvalue weighted by molar-refractivity contribution is 5.96. The highest BCUT2D eigenvalue weighted by Crippen LogP contribution is 2.20. The monoisotopic (exact) mass is 257 g/mol. The van der Waals surface area contributed by atoms with Gasteiger partial charge in [0.25, 0.3) is 5.91 Å².